The summed E-state index contributed by atoms with van der Waals surface area (Å²) < 4.78 is 0. The molecule has 1 amide bonds. The lowest BCUT2D eigenvalue weighted by Crippen LogP contribution is -2.47. The number of nitrogens with zero attached hydrogens (tertiary/aromatic N) is 5. The summed E-state index contributed by atoms with van der Waals surface area (Å²) in [6, 6.07) is 1.90. The van der Waals surface area contributed by atoms with Crippen molar-refractivity contribution in [3.8, 4) is 10.6 Å². The minimum absolute atomic E-state index is 0.131. The minimum Gasteiger partial charge on any atom is -0.368 e. The van der Waals surface area contributed by atoms with E-state index in [1.54, 1.807) is 24.5 Å². The first kappa shape index (κ1) is 21.7. The SMILES string of the molecule is C=C/C(=C\C=C(/CC)Nc1nccc(-c2scnc2C)n1)N1CCN(C(C)=O)CC1. The summed E-state index contributed by atoms with van der Waals surface area (Å²) in [6.07, 6.45) is 8.53. The van der Waals surface area contributed by atoms with Crippen molar-refractivity contribution in [3.05, 3.63) is 59.7 Å². The Morgan fingerprint density at radius 2 is 1.97 bits per heavy atom. The van der Waals surface area contributed by atoms with Crippen molar-refractivity contribution >= 4 is 23.2 Å². The zero-order valence-electron chi connectivity index (χ0n) is 17.8. The molecule has 0 aliphatic carbocycles. The molecule has 8 heteroatoms. The zero-order valence-corrected chi connectivity index (χ0v) is 18.6. The van der Waals surface area contributed by atoms with Gasteiger partial charge in [-0.25, -0.2) is 15.0 Å². The Labute approximate surface area is 181 Å². The molecule has 1 fully saturated rings. The lowest BCUT2D eigenvalue weighted by molar-refractivity contribution is -0.130. The van der Waals surface area contributed by atoms with E-state index in [1.807, 2.05) is 35.6 Å². The van der Waals surface area contributed by atoms with Gasteiger partial charge < -0.3 is 15.1 Å². The molecule has 3 rings (SSSR count). The van der Waals surface area contributed by atoms with Crippen LogP contribution in [0.15, 0.2) is 54.0 Å². The summed E-state index contributed by atoms with van der Waals surface area (Å²) in [5.41, 5.74) is 5.72. The number of aromatic nitrogens is 3. The van der Waals surface area contributed by atoms with Crippen molar-refractivity contribution in [2.45, 2.75) is 27.2 Å². The maximum absolute atomic E-state index is 11.5. The lowest BCUT2D eigenvalue weighted by Gasteiger charge is -2.36. The highest BCUT2D eigenvalue weighted by Crippen LogP contribution is 2.25. The topological polar surface area (TPSA) is 74.2 Å². The highest BCUT2D eigenvalue weighted by Gasteiger charge is 2.18. The summed E-state index contributed by atoms with van der Waals surface area (Å²) in [6.45, 7) is 12.7. The largest absolute Gasteiger partial charge is 0.368 e. The van der Waals surface area contributed by atoms with E-state index in [-0.39, 0.29) is 5.91 Å². The molecule has 2 aromatic rings. The second-order valence-electron chi connectivity index (χ2n) is 6.99. The summed E-state index contributed by atoms with van der Waals surface area (Å²) in [7, 11) is 0. The summed E-state index contributed by atoms with van der Waals surface area (Å²) in [5, 5.41) is 3.33. The lowest BCUT2D eigenvalue weighted by atomic mass is 10.2. The van der Waals surface area contributed by atoms with Crippen molar-refractivity contribution in [1.82, 2.24) is 24.8 Å². The Hall–Kier alpha value is -3.00. The molecule has 0 radical (unpaired) electrons. The third-order valence-electron chi connectivity index (χ3n) is 5.04. The van der Waals surface area contributed by atoms with Gasteiger partial charge in [0.25, 0.3) is 0 Å². The fraction of sp³-hybridized carbons (Fsp3) is 0.364. The predicted molar refractivity (Wildman–Crippen MR) is 122 cm³/mol. The van der Waals surface area contributed by atoms with Crippen LogP contribution in [0.1, 0.15) is 26.0 Å². The molecule has 1 aliphatic heterocycles. The van der Waals surface area contributed by atoms with Gasteiger partial charge in [0.15, 0.2) is 0 Å². The van der Waals surface area contributed by atoms with Crippen LogP contribution in [0.5, 0.6) is 0 Å². The summed E-state index contributed by atoms with van der Waals surface area (Å²) >= 11 is 1.58. The first-order chi connectivity index (χ1) is 14.5. The fourth-order valence-corrected chi connectivity index (χ4v) is 4.03. The summed E-state index contributed by atoms with van der Waals surface area (Å²) in [5.74, 6) is 0.698. The molecular weight excluding hydrogens is 396 g/mol. The molecule has 0 atom stereocenters. The minimum atomic E-state index is 0.131. The van der Waals surface area contributed by atoms with Gasteiger partial charge in [-0.3, -0.25) is 4.79 Å². The number of rotatable bonds is 7. The van der Waals surface area contributed by atoms with Gasteiger partial charge in [-0.05, 0) is 37.6 Å². The van der Waals surface area contributed by atoms with Gasteiger partial charge in [-0.2, -0.15) is 0 Å². The van der Waals surface area contributed by atoms with Gasteiger partial charge in [0, 0.05) is 50.7 Å². The van der Waals surface area contributed by atoms with Crippen molar-refractivity contribution in [3.63, 3.8) is 0 Å². The molecule has 158 valence electrons. The van der Waals surface area contributed by atoms with Gasteiger partial charge in [0.1, 0.15) is 0 Å². The molecule has 0 saturated carbocycles. The van der Waals surface area contributed by atoms with Crippen LogP contribution in [0.2, 0.25) is 0 Å². The second kappa shape index (κ2) is 10.2. The number of hydrogen-bond donors (Lipinski definition) is 1. The summed E-state index contributed by atoms with van der Waals surface area (Å²) in [4.78, 5) is 30.0. The second-order valence-corrected chi connectivity index (χ2v) is 7.85. The molecule has 0 aromatic carbocycles. The number of aryl methyl sites for hydroxylation is 1. The van der Waals surface area contributed by atoms with Gasteiger partial charge in [0.2, 0.25) is 11.9 Å². The van der Waals surface area contributed by atoms with Crippen LogP contribution in [-0.2, 0) is 4.79 Å². The molecule has 0 unspecified atom stereocenters. The number of nitrogens with one attached hydrogen (secondary N) is 1. The number of thiazole rings is 1. The van der Waals surface area contributed by atoms with Crippen molar-refractivity contribution in [2.75, 3.05) is 31.5 Å². The Morgan fingerprint density at radius 1 is 1.23 bits per heavy atom. The number of anilines is 1. The van der Waals surface area contributed by atoms with Crippen molar-refractivity contribution < 1.29 is 4.79 Å². The fourth-order valence-electron chi connectivity index (χ4n) is 3.25. The quantitative estimate of drug-likeness (QED) is 0.681. The maximum Gasteiger partial charge on any atom is 0.227 e. The van der Waals surface area contributed by atoms with Gasteiger partial charge in [-0.15, -0.1) is 11.3 Å². The monoisotopic (exact) mass is 424 g/mol. The third kappa shape index (κ3) is 5.33. The molecule has 1 N–H and O–H groups in total. The van der Waals surface area contributed by atoms with E-state index >= 15 is 0 Å². The van der Waals surface area contributed by atoms with E-state index < -0.39 is 0 Å². The molecule has 3 heterocycles. The highest BCUT2D eigenvalue weighted by molar-refractivity contribution is 7.13. The number of carbonyl (C=O) groups is 1. The first-order valence-electron chi connectivity index (χ1n) is 10.1. The maximum atomic E-state index is 11.5. The third-order valence-corrected chi connectivity index (χ3v) is 5.99. The Kier molecular flexibility index (Phi) is 7.35. The van der Waals surface area contributed by atoms with Crippen molar-refractivity contribution in [2.24, 2.45) is 0 Å². The van der Waals surface area contributed by atoms with Crippen LogP contribution in [0, 0.1) is 6.92 Å². The van der Waals surface area contributed by atoms with E-state index in [2.05, 4.69) is 44.7 Å². The number of amides is 1. The molecule has 7 nitrogen and oxygen atoms in total. The van der Waals surface area contributed by atoms with E-state index in [0.29, 0.717) is 5.95 Å². The average molecular weight is 425 g/mol. The Morgan fingerprint density at radius 3 is 2.57 bits per heavy atom. The van der Waals surface area contributed by atoms with E-state index in [1.165, 1.54) is 0 Å². The Balaban J connectivity index is 1.71. The van der Waals surface area contributed by atoms with E-state index in [4.69, 9.17) is 0 Å². The van der Waals surface area contributed by atoms with Crippen LogP contribution in [0.3, 0.4) is 0 Å². The van der Waals surface area contributed by atoms with E-state index in [9.17, 15) is 4.79 Å². The normalized spacial score (nSPS) is 15.3. The number of hydrogen-bond acceptors (Lipinski definition) is 7. The highest BCUT2D eigenvalue weighted by atomic mass is 32.1. The number of carbonyl (C=O) groups excluding carboxylic acids is 1. The molecule has 1 saturated heterocycles. The van der Waals surface area contributed by atoms with E-state index in [0.717, 1.165) is 60.3 Å². The molecule has 0 bridgehead atoms. The van der Waals surface area contributed by atoms with Crippen molar-refractivity contribution in [1.29, 1.82) is 0 Å². The number of piperazine rings is 1. The van der Waals surface area contributed by atoms with Gasteiger partial charge in [0.05, 0.1) is 21.8 Å². The predicted octanol–water partition coefficient (Wildman–Crippen LogP) is 3.85. The molecule has 2 aromatic heterocycles. The molecule has 30 heavy (non-hydrogen) atoms. The average Bonchev–Trinajstić information content (AvgIpc) is 3.19. The van der Waals surface area contributed by atoms with Crippen LogP contribution in [0.25, 0.3) is 10.6 Å². The molecule has 0 spiro atoms. The van der Waals surface area contributed by atoms with Crippen LogP contribution in [0.4, 0.5) is 5.95 Å². The molecule has 1 aliphatic rings. The number of allylic oxidation sites excluding steroid dienone is 4. The van der Waals surface area contributed by atoms with Gasteiger partial charge >= 0.3 is 0 Å². The standard InChI is InChI=1S/C22H28N6OS/c1-5-18(7-8-19(6-2)28-13-11-27(12-14-28)17(4)29)25-22-23-10-9-20(26-22)21-16(3)24-15-30-21/h6-10,15H,2,5,11-14H2,1,3-4H3,(H,23,25,26)/b18-7+,19-8+. The van der Waals surface area contributed by atoms with Crippen LogP contribution in [-0.4, -0.2) is 56.8 Å². The smallest absolute Gasteiger partial charge is 0.227 e. The van der Waals surface area contributed by atoms with Crippen LogP contribution >= 0.6 is 11.3 Å². The van der Waals surface area contributed by atoms with Gasteiger partial charge in [-0.1, -0.05) is 13.5 Å². The zero-order chi connectivity index (χ0) is 21.5. The van der Waals surface area contributed by atoms with Crippen LogP contribution < -0.4 is 5.32 Å². The Bertz CT molecular complexity index is 956. The molecular formula is C22H28N6OS. The first-order valence-corrected chi connectivity index (χ1v) is 10.9.